The summed E-state index contributed by atoms with van der Waals surface area (Å²) in [4.78, 5) is 16.6. The van der Waals surface area contributed by atoms with Crippen molar-refractivity contribution in [1.82, 2.24) is 8.87 Å². The van der Waals surface area contributed by atoms with E-state index in [0.717, 1.165) is 22.4 Å². The number of fused-ring (bicyclic) bond motifs is 1. The van der Waals surface area contributed by atoms with Crippen LogP contribution in [0.25, 0.3) is 10.9 Å². The van der Waals surface area contributed by atoms with Crippen LogP contribution in [0.2, 0.25) is 0 Å². The molecule has 0 amide bonds. The molecule has 4 aromatic carbocycles. The monoisotopic (exact) mass is 585 g/mol. The summed E-state index contributed by atoms with van der Waals surface area (Å²) in [6, 6.07) is 24.8. The predicted molar refractivity (Wildman–Crippen MR) is 160 cm³/mol. The summed E-state index contributed by atoms with van der Waals surface area (Å²) in [7, 11) is -3.89. The third kappa shape index (κ3) is 5.21. The summed E-state index contributed by atoms with van der Waals surface area (Å²) in [6.45, 7) is 4.59. The minimum Gasteiger partial charge on any atom is -0.369 e. The van der Waals surface area contributed by atoms with Gasteiger partial charge in [-0.3, -0.25) is 9.69 Å². The minimum absolute atomic E-state index is 0.152. The van der Waals surface area contributed by atoms with E-state index in [9.17, 15) is 22.0 Å². The van der Waals surface area contributed by atoms with E-state index in [1.165, 1.54) is 34.4 Å². The molecule has 1 aromatic heterocycles. The second-order valence-corrected chi connectivity index (χ2v) is 12.4. The Balaban J connectivity index is 1.27. The zero-order valence-corrected chi connectivity index (χ0v) is 23.8. The van der Waals surface area contributed by atoms with E-state index < -0.39 is 10.0 Å². The smallest absolute Gasteiger partial charge is 0.268 e. The van der Waals surface area contributed by atoms with Gasteiger partial charge in [-0.15, -0.1) is 0 Å². The van der Waals surface area contributed by atoms with Crippen LogP contribution in [0.5, 0.6) is 0 Å². The quantitative estimate of drug-likeness (QED) is 0.213. The van der Waals surface area contributed by atoms with Gasteiger partial charge in [-0.05, 0) is 72.6 Å². The molecule has 0 radical (unpaired) electrons. The Labute approximate surface area is 243 Å². The van der Waals surface area contributed by atoms with Crippen LogP contribution < -0.4 is 4.90 Å². The number of carbonyl (C=O) groups is 1. The Morgan fingerprint density at radius 2 is 1.33 bits per heavy atom. The van der Waals surface area contributed by atoms with Gasteiger partial charge < -0.3 is 4.90 Å². The molecule has 1 saturated heterocycles. The van der Waals surface area contributed by atoms with E-state index in [4.69, 9.17) is 0 Å². The molecule has 2 heterocycles. The molecule has 0 saturated carbocycles. The molecule has 1 aliphatic rings. The number of nitrogens with zero attached hydrogens (tertiary/aromatic N) is 3. The fraction of sp³-hybridized carbons (Fsp3) is 0.182. The van der Waals surface area contributed by atoms with Gasteiger partial charge in [0.2, 0.25) is 0 Å². The molecule has 6 nitrogen and oxygen atoms in total. The van der Waals surface area contributed by atoms with Crippen molar-refractivity contribution in [2.45, 2.75) is 17.9 Å². The van der Waals surface area contributed by atoms with Crippen LogP contribution in [0.3, 0.4) is 0 Å². The highest BCUT2D eigenvalue weighted by atomic mass is 32.2. The Hall–Kier alpha value is -4.34. The van der Waals surface area contributed by atoms with Crippen molar-refractivity contribution in [1.29, 1.82) is 0 Å². The van der Waals surface area contributed by atoms with Crippen LogP contribution in [0.15, 0.2) is 102 Å². The standard InChI is InChI=1S/C33H29F2N3O3S/c1-23-2-13-30(14-3-23)42(40,41)38-21-26(22-39)31-20-29(12-15-32(31)38)36-16-18-37(19-17-36)33(24-4-8-27(34)9-5-24)25-6-10-28(35)11-7-25/h2-15,20-22,33H,16-19H2,1H3. The molecule has 6 rings (SSSR count). The number of rotatable bonds is 7. The SMILES string of the molecule is Cc1ccc(S(=O)(=O)n2cc(C=O)c3cc(N4CCN(C(c5ccc(F)cc5)c5ccc(F)cc5)CC4)ccc32)cc1. The van der Waals surface area contributed by atoms with Gasteiger partial charge in [-0.1, -0.05) is 42.0 Å². The average Bonchev–Trinajstić information content (AvgIpc) is 3.39. The van der Waals surface area contributed by atoms with Crippen molar-refractivity contribution in [3.63, 3.8) is 0 Å². The largest absolute Gasteiger partial charge is 0.369 e. The van der Waals surface area contributed by atoms with Gasteiger partial charge in [0.05, 0.1) is 16.5 Å². The number of hydrogen-bond donors (Lipinski definition) is 0. The average molecular weight is 586 g/mol. The van der Waals surface area contributed by atoms with Gasteiger partial charge in [-0.2, -0.15) is 0 Å². The predicted octanol–water partition coefficient (Wildman–Crippen LogP) is 6.19. The van der Waals surface area contributed by atoms with E-state index in [1.807, 2.05) is 19.1 Å². The van der Waals surface area contributed by atoms with Gasteiger partial charge in [-0.25, -0.2) is 21.2 Å². The molecule has 0 spiro atoms. The van der Waals surface area contributed by atoms with Crippen molar-refractivity contribution < 1.29 is 22.0 Å². The van der Waals surface area contributed by atoms with Gasteiger partial charge in [0, 0.05) is 49.0 Å². The van der Waals surface area contributed by atoms with Crippen molar-refractivity contribution in [3.05, 3.63) is 131 Å². The summed E-state index contributed by atoms with van der Waals surface area (Å²) in [6.07, 6.45) is 2.06. The van der Waals surface area contributed by atoms with Crippen LogP contribution in [0.4, 0.5) is 14.5 Å². The maximum absolute atomic E-state index is 13.7. The fourth-order valence-electron chi connectivity index (χ4n) is 5.67. The molecular weight excluding hydrogens is 556 g/mol. The molecule has 1 fully saturated rings. The van der Waals surface area contributed by atoms with Gasteiger partial charge in [0.1, 0.15) is 11.6 Å². The van der Waals surface area contributed by atoms with E-state index in [2.05, 4.69) is 9.80 Å². The van der Waals surface area contributed by atoms with Gasteiger partial charge in [0.15, 0.2) is 6.29 Å². The number of anilines is 1. The Morgan fingerprint density at radius 1 is 0.762 bits per heavy atom. The lowest BCUT2D eigenvalue weighted by molar-refractivity contribution is 0.112. The zero-order chi connectivity index (χ0) is 29.4. The highest BCUT2D eigenvalue weighted by Gasteiger charge is 2.28. The molecule has 0 unspecified atom stereocenters. The highest BCUT2D eigenvalue weighted by Crippen LogP contribution is 2.33. The van der Waals surface area contributed by atoms with Crippen molar-refractivity contribution >= 4 is 32.9 Å². The number of piperazine rings is 1. The maximum atomic E-state index is 13.7. The second kappa shape index (κ2) is 11.2. The number of aldehydes is 1. The Kier molecular flexibility index (Phi) is 7.38. The van der Waals surface area contributed by atoms with E-state index in [1.54, 1.807) is 54.6 Å². The third-order valence-corrected chi connectivity index (χ3v) is 9.59. The molecule has 42 heavy (non-hydrogen) atoms. The van der Waals surface area contributed by atoms with Crippen molar-refractivity contribution in [2.24, 2.45) is 0 Å². The number of benzene rings is 4. The molecule has 9 heteroatoms. The summed E-state index contributed by atoms with van der Waals surface area (Å²) in [5.74, 6) is -0.626. The van der Waals surface area contributed by atoms with E-state index in [0.29, 0.717) is 48.9 Å². The number of aryl methyl sites for hydroxylation is 1. The lowest BCUT2D eigenvalue weighted by Gasteiger charge is -2.40. The molecule has 214 valence electrons. The van der Waals surface area contributed by atoms with Crippen molar-refractivity contribution in [2.75, 3.05) is 31.1 Å². The van der Waals surface area contributed by atoms with E-state index >= 15 is 0 Å². The van der Waals surface area contributed by atoms with Crippen molar-refractivity contribution in [3.8, 4) is 0 Å². The number of aromatic nitrogens is 1. The zero-order valence-electron chi connectivity index (χ0n) is 23.0. The summed E-state index contributed by atoms with van der Waals surface area (Å²) >= 11 is 0. The first-order valence-electron chi connectivity index (χ1n) is 13.7. The normalized spacial score (nSPS) is 14.5. The van der Waals surface area contributed by atoms with Crippen LogP contribution >= 0.6 is 0 Å². The second-order valence-electron chi connectivity index (χ2n) is 10.5. The third-order valence-electron chi connectivity index (χ3n) is 7.91. The molecule has 0 N–H and O–H groups in total. The lowest BCUT2D eigenvalue weighted by atomic mass is 9.96. The minimum atomic E-state index is -3.89. The van der Waals surface area contributed by atoms with E-state index in [-0.39, 0.29) is 22.6 Å². The van der Waals surface area contributed by atoms with Crippen LogP contribution in [-0.2, 0) is 10.0 Å². The summed E-state index contributed by atoms with van der Waals surface area (Å²) < 4.78 is 55.4. The highest BCUT2D eigenvalue weighted by molar-refractivity contribution is 7.90. The molecule has 0 aliphatic carbocycles. The Morgan fingerprint density at radius 3 is 1.88 bits per heavy atom. The number of hydrogen-bond acceptors (Lipinski definition) is 5. The van der Waals surface area contributed by atoms with Crippen LogP contribution in [-0.4, -0.2) is 49.8 Å². The summed E-state index contributed by atoms with van der Waals surface area (Å²) in [5.41, 5.74) is 4.41. The molecule has 5 aromatic rings. The Bertz CT molecular complexity index is 1800. The molecule has 0 atom stereocenters. The molecular formula is C33H29F2N3O3S. The first kappa shape index (κ1) is 27.8. The number of halogens is 2. The number of carbonyl (C=O) groups excluding carboxylic acids is 1. The van der Waals surface area contributed by atoms with Gasteiger partial charge in [0.25, 0.3) is 10.0 Å². The summed E-state index contributed by atoms with van der Waals surface area (Å²) in [5, 5.41) is 0.566. The molecule has 1 aliphatic heterocycles. The van der Waals surface area contributed by atoms with Gasteiger partial charge >= 0.3 is 0 Å². The molecule has 0 bridgehead atoms. The lowest BCUT2D eigenvalue weighted by Crippen LogP contribution is -2.48. The first-order chi connectivity index (χ1) is 20.2. The maximum Gasteiger partial charge on any atom is 0.268 e. The first-order valence-corrected chi connectivity index (χ1v) is 15.1. The fourth-order valence-corrected chi connectivity index (χ4v) is 7.05. The van der Waals surface area contributed by atoms with Crippen LogP contribution in [0, 0.1) is 18.6 Å². The van der Waals surface area contributed by atoms with Crippen LogP contribution in [0.1, 0.15) is 33.1 Å². The topological polar surface area (TPSA) is 62.6 Å².